The van der Waals surface area contributed by atoms with E-state index in [0.717, 1.165) is 21.1 Å². The molecule has 3 aromatic heterocycles. The Balaban J connectivity index is 1.06. The van der Waals surface area contributed by atoms with Crippen LogP contribution in [0.25, 0.3) is 64.8 Å². The molecule has 0 N–H and O–H groups in total. The van der Waals surface area contributed by atoms with Gasteiger partial charge in [-0.15, -0.1) is 10.2 Å². The van der Waals surface area contributed by atoms with Gasteiger partial charge < -0.3 is 8.96 Å². The number of aromatic nitrogens is 4. The Morgan fingerprint density at radius 3 is 1.00 bits per heavy atom. The molecule has 11 rings (SSSR count). The first-order valence-corrected chi connectivity index (χ1v) is 20.2. The van der Waals surface area contributed by atoms with Crippen LogP contribution >= 0.6 is 11.3 Å². The summed E-state index contributed by atoms with van der Waals surface area (Å²) in [5.41, 5.74) is 11.8. The molecule has 0 atom stereocenters. The fraction of sp³-hybridized carbons (Fsp3) is 0. The van der Waals surface area contributed by atoms with Gasteiger partial charge in [-0.3, -0.25) is 0 Å². The van der Waals surface area contributed by atoms with Crippen molar-refractivity contribution in [2.75, 3.05) is 0 Å². The summed E-state index contributed by atoms with van der Waals surface area (Å²) in [4.78, 5) is 0. The summed E-state index contributed by atoms with van der Waals surface area (Å²) in [7, 11) is 0. The van der Waals surface area contributed by atoms with E-state index in [1.807, 2.05) is 0 Å². The summed E-state index contributed by atoms with van der Waals surface area (Å²) >= 11 is 1.64. The van der Waals surface area contributed by atoms with Gasteiger partial charge in [0.15, 0.2) is 0 Å². The third-order valence-corrected chi connectivity index (χ3v) is 12.3. The molecule has 266 valence electrons. The highest BCUT2D eigenvalue weighted by atomic mass is 32.1. The van der Waals surface area contributed by atoms with Gasteiger partial charge in [0.2, 0.25) is 0 Å². The second-order valence-electron chi connectivity index (χ2n) is 14.6. The molecule has 57 heavy (non-hydrogen) atoms. The lowest BCUT2D eigenvalue weighted by Crippen LogP contribution is -2.48. The van der Waals surface area contributed by atoms with Crippen molar-refractivity contribution in [3.05, 3.63) is 206 Å². The molecule has 8 aromatic carbocycles. The monoisotopic (exact) mass is 744 g/mol. The van der Waals surface area contributed by atoms with E-state index in [2.05, 4.69) is 215 Å². The number of nitrogens with zero attached hydrogens (tertiary/aromatic N) is 4. The van der Waals surface area contributed by atoms with Crippen LogP contribution in [-0.4, -0.2) is 32.8 Å². The van der Waals surface area contributed by atoms with Gasteiger partial charge in [-0.1, -0.05) is 215 Å². The first-order chi connectivity index (χ1) is 28.3. The maximum Gasteiger partial charge on any atom is 0.328 e. The number of rotatable bonds is 8. The van der Waals surface area contributed by atoms with E-state index in [4.69, 9.17) is 10.2 Å². The van der Waals surface area contributed by atoms with Crippen LogP contribution in [0.2, 0.25) is 0 Å². The topological polar surface area (TPSA) is 35.6 Å². The molecule has 0 spiro atoms. The molecule has 7 heteroatoms. The third kappa shape index (κ3) is 5.70. The lowest BCUT2D eigenvalue weighted by molar-refractivity contribution is 1.10. The number of para-hydroxylation sites is 2. The standard InChI is InChI=1S/C50H34B2N4S/c1-5-17-37(18-6-1)51(38-19-7-2-8-20-38)55-45-27-15-13-25-41(45)43-31-29-35(33-47(43)55)49-53-54-50(57-49)36-30-32-44-42-26-14-16-28-46(42)56(48(44)34-36)52(39-21-9-3-10-22-39)40-23-11-4-12-24-40/h1-34H. The largest absolute Gasteiger partial charge is 0.376 e. The first kappa shape index (κ1) is 33.4. The van der Waals surface area contributed by atoms with Crippen LogP contribution in [0.15, 0.2) is 206 Å². The average molecular weight is 745 g/mol. The predicted molar refractivity (Wildman–Crippen MR) is 243 cm³/mol. The van der Waals surface area contributed by atoms with Crippen LogP contribution in [-0.2, 0) is 0 Å². The number of fused-ring (bicyclic) bond motifs is 6. The zero-order valence-electron chi connectivity index (χ0n) is 31.0. The van der Waals surface area contributed by atoms with Gasteiger partial charge in [0.25, 0.3) is 0 Å². The molecule has 0 fully saturated rings. The Morgan fingerprint density at radius 1 is 0.316 bits per heavy atom. The van der Waals surface area contributed by atoms with Gasteiger partial charge >= 0.3 is 13.7 Å². The van der Waals surface area contributed by atoms with Gasteiger partial charge in [0.1, 0.15) is 10.0 Å². The quantitative estimate of drug-likeness (QED) is 0.146. The predicted octanol–water partition coefficient (Wildman–Crippen LogP) is 9.40. The van der Waals surface area contributed by atoms with E-state index in [1.54, 1.807) is 11.3 Å². The maximum absolute atomic E-state index is 4.84. The highest BCUT2D eigenvalue weighted by Crippen LogP contribution is 2.38. The molecule has 11 aromatic rings. The number of hydrogen-bond acceptors (Lipinski definition) is 3. The van der Waals surface area contributed by atoms with Crippen molar-refractivity contribution in [2.45, 2.75) is 0 Å². The summed E-state index contributed by atoms with van der Waals surface area (Å²) in [6, 6.07) is 74.3. The minimum absolute atomic E-state index is 0.0101. The highest BCUT2D eigenvalue weighted by Gasteiger charge is 2.28. The molecule has 0 unspecified atom stereocenters. The van der Waals surface area contributed by atoms with Crippen LogP contribution in [0.5, 0.6) is 0 Å². The number of hydrogen-bond donors (Lipinski definition) is 0. The van der Waals surface area contributed by atoms with Crippen LogP contribution in [0, 0.1) is 0 Å². The van der Waals surface area contributed by atoms with Crippen molar-refractivity contribution in [1.82, 2.24) is 19.2 Å². The van der Waals surface area contributed by atoms with Crippen molar-refractivity contribution in [1.29, 1.82) is 0 Å². The molecular weight excluding hydrogens is 710 g/mol. The Hall–Kier alpha value is -6.95. The zero-order valence-corrected chi connectivity index (χ0v) is 31.8. The lowest BCUT2D eigenvalue weighted by atomic mass is 9.50. The van der Waals surface area contributed by atoms with E-state index in [9.17, 15) is 0 Å². The molecular formula is C50H34B2N4S. The second-order valence-corrected chi connectivity index (χ2v) is 15.6. The van der Waals surface area contributed by atoms with Crippen molar-refractivity contribution >= 4 is 90.5 Å². The SMILES string of the molecule is c1ccc(B(c2ccccc2)n2c3ccccc3c3ccc(-c4nnc(-c5ccc6c7ccccc7n(B(c7ccccc7)c7ccccc7)c6c5)s4)cc32)cc1. The summed E-state index contributed by atoms with van der Waals surface area (Å²) < 4.78 is 5.01. The summed E-state index contributed by atoms with van der Waals surface area (Å²) in [6.45, 7) is -0.0202. The highest BCUT2D eigenvalue weighted by molar-refractivity contribution is 7.18. The van der Waals surface area contributed by atoms with E-state index in [0.29, 0.717) is 0 Å². The van der Waals surface area contributed by atoms with Crippen molar-refractivity contribution in [3.63, 3.8) is 0 Å². The van der Waals surface area contributed by atoms with Crippen LogP contribution < -0.4 is 21.9 Å². The molecule has 0 aliphatic rings. The molecule has 0 aliphatic carbocycles. The Kier molecular flexibility index (Phi) is 8.18. The molecule has 0 bridgehead atoms. The van der Waals surface area contributed by atoms with E-state index >= 15 is 0 Å². The van der Waals surface area contributed by atoms with Crippen molar-refractivity contribution < 1.29 is 0 Å². The Morgan fingerprint density at radius 2 is 0.632 bits per heavy atom. The maximum atomic E-state index is 4.84. The minimum atomic E-state index is -0.0101. The molecule has 0 aliphatic heterocycles. The molecule has 0 saturated heterocycles. The summed E-state index contributed by atoms with van der Waals surface area (Å²) in [6.07, 6.45) is 0. The normalized spacial score (nSPS) is 11.5. The smallest absolute Gasteiger partial charge is 0.328 e. The molecule has 4 nitrogen and oxygen atoms in total. The summed E-state index contributed by atoms with van der Waals surface area (Å²) in [5, 5.41) is 16.4. The molecule has 3 heterocycles. The molecule has 0 saturated carbocycles. The molecule has 0 radical (unpaired) electrons. The Labute approximate surface area is 335 Å². The van der Waals surface area contributed by atoms with Gasteiger partial charge in [-0.2, -0.15) is 0 Å². The molecule has 0 amide bonds. The fourth-order valence-electron chi connectivity index (χ4n) is 8.80. The van der Waals surface area contributed by atoms with Crippen LogP contribution in [0.4, 0.5) is 0 Å². The number of benzene rings is 8. The summed E-state index contributed by atoms with van der Waals surface area (Å²) in [5.74, 6) is 0. The van der Waals surface area contributed by atoms with Gasteiger partial charge in [0.05, 0.1) is 0 Å². The van der Waals surface area contributed by atoms with Crippen molar-refractivity contribution in [3.8, 4) is 21.1 Å². The Bertz CT molecular complexity index is 2900. The zero-order chi connectivity index (χ0) is 37.7. The van der Waals surface area contributed by atoms with E-state index in [-0.39, 0.29) is 13.7 Å². The first-order valence-electron chi connectivity index (χ1n) is 19.4. The fourth-order valence-corrected chi connectivity index (χ4v) is 9.64. The van der Waals surface area contributed by atoms with Crippen LogP contribution in [0.3, 0.4) is 0 Å². The average Bonchev–Trinajstić information content (AvgIpc) is 3.99. The lowest BCUT2D eigenvalue weighted by Gasteiger charge is -2.19. The second kappa shape index (κ2) is 14.0. The van der Waals surface area contributed by atoms with Crippen molar-refractivity contribution in [2.24, 2.45) is 0 Å². The van der Waals surface area contributed by atoms with E-state index in [1.165, 1.54) is 65.5 Å². The van der Waals surface area contributed by atoms with Gasteiger partial charge in [0, 0.05) is 54.7 Å². The van der Waals surface area contributed by atoms with E-state index < -0.39 is 0 Å². The minimum Gasteiger partial charge on any atom is -0.376 e. The third-order valence-electron chi connectivity index (χ3n) is 11.3. The van der Waals surface area contributed by atoms with Gasteiger partial charge in [-0.05, 0) is 24.3 Å². The van der Waals surface area contributed by atoms with Gasteiger partial charge in [-0.25, -0.2) is 0 Å². The van der Waals surface area contributed by atoms with Crippen LogP contribution in [0.1, 0.15) is 0 Å².